The first-order chi connectivity index (χ1) is 25.6. The highest BCUT2D eigenvalue weighted by Crippen LogP contribution is 2.46. The van der Waals surface area contributed by atoms with E-state index in [1.54, 1.807) is 42.7 Å². The van der Waals surface area contributed by atoms with E-state index in [0.29, 0.717) is 49.0 Å². The van der Waals surface area contributed by atoms with E-state index in [1.165, 1.54) is 32.1 Å². The third kappa shape index (κ3) is 10.9. The normalized spacial score (nSPS) is 16.2. The number of Topliss-reactive ketones (excluding diaryl/α,β-unsaturated/α-hetero) is 1. The van der Waals surface area contributed by atoms with Crippen LogP contribution in [0, 0.1) is 11.8 Å². The van der Waals surface area contributed by atoms with Gasteiger partial charge in [0.15, 0.2) is 23.1 Å². The second kappa shape index (κ2) is 19.4. The number of aryl methyl sites for hydroxylation is 2. The Bertz CT molecular complexity index is 1830. The molecule has 0 aliphatic heterocycles. The van der Waals surface area contributed by atoms with Crippen LogP contribution in [0.5, 0.6) is 17.2 Å². The highest BCUT2D eigenvalue weighted by Gasteiger charge is 2.37. The number of phenolic OH excluding ortho intramolecular Hbond substituents is 2. The highest BCUT2D eigenvalue weighted by atomic mass is 16.5. The molecule has 3 unspecified atom stereocenters. The van der Waals surface area contributed by atoms with Crippen LogP contribution >= 0.6 is 0 Å². The van der Waals surface area contributed by atoms with Gasteiger partial charge in [0, 0.05) is 48.2 Å². The molecule has 1 heterocycles. The Kier molecular flexibility index (Phi) is 14.5. The van der Waals surface area contributed by atoms with Gasteiger partial charge in [0.25, 0.3) is 0 Å². The van der Waals surface area contributed by atoms with E-state index >= 15 is 0 Å². The van der Waals surface area contributed by atoms with E-state index < -0.39 is 6.17 Å². The lowest BCUT2D eigenvalue weighted by Crippen LogP contribution is -2.29. The molecule has 0 fully saturated rings. The highest BCUT2D eigenvalue weighted by molar-refractivity contribution is 5.99. The number of allylic oxidation sites excluding steroid dienone is 2. The maximum Gasteiger partial charge on any atom is 0.168 e. The molecule has 5 rings (SSSR count). The van der Waals surface area contributed by atoms with Crippen molar-refractivity contribution in [3.8, 4) is 17.2 Å². The first kappa shape index (κ1) is 39.5. The van der Waals surface area contributed by atoms with Gasteiger partial charge in [-0.3, -0.25) is 9.59 Å². The van der Waals surface area contributed by atoms with Gasteiger partial charge >= 0.3 is 0 Å². The summed E-state index contributed by atoms with van der Waals surface area (Å²) in [6.07, 6.45) is 17.7. The molecule has 0 amide bonds. The van der Waals surface area contributed by atoms with Crippen molar-refractivity contribution in [3.63, 3.8) is 0 Å². The average Bonchev–Trinajstić information content (AvgIpc) is 3.70. The number of unbranched alkanes of at least 4 members (excludes halogenated alkanes) is 3. The van der Waals surface area contributed by atoms with Crippen molar-refractivity contribution in [1.82, 2.24) is 4.98 Å². The van der Waals surface area contributed by atoms with Crippen molar-refractivity contribution < 1.29 is 24.5 Å². The van der Waals surface area contributed by atoms with E-state index in [1.807, 2.05) is 42.5 Å². The molecule has 8 heteroatoms. The number of nitrogens with two attached hydrogens (primary N) is 2. The van der Waals surface area contributed by atoms with Crippen molar-refractivity contribution in [2.45, 2.75) is 103 Å². The number of ether oxygens (including phenoxy) is 1. The van der Waals surface area contributed by atoms with Gasteiger partial charge in [-0.15, -0.1) is 0 Å². The summed E-state index contributed by atoms with van der Waals surface area (Å²) in [4.78, 5) is 29.4. The van der Waals surface area contributed by atoms with Crippen molar-refractivity contribution in [2.24, 2.45) is 23.3 Å². The molecule has 3 aromatic carbocycles. The molecule has 1 aromatic heterocycles. The number of aromatic nitrogens is 1. The Morgan fingerprint density at radius 2 is 1.70 bits per heavy atom. The smallest absolute Gasteiger partial charge is 0.168 e. The molecule has 0 radical (unpaired) electrons. The van der Waals surface area contributed by atoms with Gasteiger partial charge in [0.2, 0.25) is 0 Å². The monoisotopic (exact) mass is 719 g/mol. The average molecular weight is 720 g/mol. The number of aromatic hydroxyl groups is 2. The van der Waals surface area contributed by atoms with E-state index in [4.69, 9.17) is 16.2 Å². The van der Waals surface area contributed by atoms with Crippen molar-refractivity contribution in [3.05, 3.63) is 124 Å². The second-order valence-corrected chi connectivity index (χ2v) is 14.8. The molecule has 53 heavy (non-hydrogen) atoms. The molecule has 0 bridgehead atoms. The van der Waals surface area contributed by atoms with Crippen LogP contribution in [0.15, 0.2) is 85.2 Å². The molecule has 3 atom stereocenters. The Labute approximate surface area is 314 Å². The molecule has 0 saturated heterocycles. The fourth-order valence-corrected chi connectivity index (χ4v) is 7.56. The van der Waals surface area contributed by atoms with Crippen LogP contribution in [0.2, 0.25) is 0 Å². The molecule has 1 aliphatic rings. The Morgan fingerprint density at radius 3 is 2.45 bits per heavy atom. The Hall–Kier alpha value is -4.66. The predicted octanol–water partition coefficient (Wildman–Crippen LogP) is 8.99. The molecule has 0 spiro atoms. The van der Waals surface area contributed by atoms with Crippen molar-refractivity contribution in [2.75, 3.05) is 6.61 Å². The number of phenols is 2. The number of carbonyl (C=O) groups is 2. The summed E-state index contributed by atoms with van der Waals surface area (Å²) in [5.41, 5.74) is 18.0. The van der Waals surface area contributed by atoms with Gasteiger partial charge in [-0.2, -0.15) is 0 Å². The van der Waals surface area contributed by atoms with E-state index in [9.17, 15) is 19.8 Å². The number of hydrogen-bond acceptors (Lipinski definition) is 7. The fourth-order valence-electron chi connectivity index (χ4n) is 7.56. The molecule has 7 N–H and O–H groups in total. The fraction of sp³-hybridized carbons (Fsp3) is 0.422. The number of H-pyrrole nitrogens is 1. The zero-order valence-corrected chi connectivity index (χ0v) is 31.4. The minimum Gasteiger partial charge on any atom is -0.508 e. The summed E-state index contributed by atoms with van der Waals surface area (Å²) in [6.45, 7) is 4.84. The standard InChI is InChI=1S/C45H57N3O5/c1-3-4-6-9-30(2)10-7-5-8-11-36(49)17-12-31-14-21-41(51)42(27-31)53-25-23-32-13-20-40(50)39(26-32)43-37-18-16-34(45(46)47)28-33(37)15-19-38(43)44(52)35-22-24-48-29-35/h8,11,13-14,16,18,20-22,24,26-30,38,43,45,48,50-51H,3-7,9-10,12,15,17,19,23,25,46-47H2,1-2H3. The molecular formula is C45H57N3O5. The number of aromatic amines is 1. The number of hydrogen-bond donors (Lipinski definition) is 5. The topological polar surface area (TPSA) is 152 Å². The zero-order chi connectivity index (χ0) is 37.7. The number of ketones is 2. The van der Waals surface area contributed by atoms with Crippen LogP contribution < -0.4 is 16.2 Å². The first-order valence-electron chi connectivity index (χ1n) is 19.4. The van der Waals surface area contributed by atoms with Gasteiger partial charge < -0.3 is 31.4 Å². The van der Waals surface area contributed by atoms with Crippen molar-refractivity contribution in [1.29, 1.82) is 0 Å². The predicted molar refractivity (Wildman–Crippen MR) is 211 cm³/mol. The van der Waals surface area contributed by atoms with Gasteiger partial charge in [-0.1, -0.05) is 88.4 Å². The Morgan fingerprint density at radius 1 is 0.925 bits per heavy atom. The lowest BCUT2D eigenvalue weighted by molar-refractivity contribution is -0.114. The van der Waals surface area contributed by atoms with Crippen LogP contribution in [0.25, 0.3) is 0 Å². The summed E-state index contributed by atoms with van der Waals surface area (Å²) in [5, 5.41) is 21.8. The van der Waals surface area contributed by atoms with Crippen LogP contribution in [-0.4, -0.2) is 33.4 Å². The molecule has 8 nitrogen and oxygen atoms in total. The number of fused-ring (bicyclic) bond motifs is 1. The number of carbonyl (C=O) groups excluding carboxylic acids is 2. The Balaban J connectivity index is 1.20. The minimum absolute atomic E-state index is 0.0286. The summed E-state index contributed by atoms with van der Waals surface area (Å²) < 4.78 is 6.05. The molecule has 4 aromatic rings. The number of rotatable bonds is 20. The van der Waals surface area contributed by atoms with Crippen LogP contribution in [0.4, 0.5) is 0 Å². The van der Waals surface area contributed by atoms with Crippen LogP contribution in [0.1, 0.15) is 127 Å². The third-order valence-electron chi connectivity index (χ3n) is 10.7. The second-order valence-electron chi connectivity index (χ2n) is 14.8. The van der Waals surface area contributed by atoms with E-state index in [0.717, 1.165) is 46.6 Å². The third-order valence-corrected chi connectivity index (χ3v) is 10.7. The van der Waals surface area contributed by atoms with Gasteiger partial charge in [-0.05, 0) is 96.2 Å². The van der Waals surface area contributed by atoms with Crippen molar-refractivity contribution >= 4 is 11.6 Å². The zero-order valence-electron chi connectivity index (χ0n) is 31.4. The van der Waals surface area contributed by atoms with E-state index in [-0.39, 0.29) is 41.5 Å². The number of nitrogens with one attached hydrogen (secondary N) is 1. The minimum atomic E-state index is -0.604. The lowest BCUT2D eigenvalue weighted by Gasteiger charge is -2.34. The lowest BCUT2D eigenvalue weighted by atomic mass is 9.68. The summed E-state index contributed by atoms with van der Waals surface area (Å²) >= 11 is 0. The maximum absolute atomic E-state index is 13.8. The van der Waals surface area contributed by atoms with E-state index in [2.05, 4.69) is 18.8 Å². The quantitative estimate of drug-likeness (QED) is 0.0265. The largest absolute Gasteiger partial charge is 0.508 e. The SMILES string of the molecule is CCCCCC(C)CCCC=CC(=O)CCc1ccc(O)c(OCCc2ccc(O)c(C3c4ccc(C(N)N)cc4CCC3C(=O)c3cc[nH]c3)c2)c1. The molecular weight excluding hydrogens is 663 g/mol. The van der Waals surface area contributed by atoms with Gasteiger partial charge in [-0.25, -0.2) is 0 Å². The number of benzene rings is 3. The van der Waals surface area contributed by atoms with Crippen LogP contribution in [-0.2, 0) is 24.1 Å². The maximum atomic E-state index is 13.8. The summed E-state index contributed by atoms with van der Waals surface area (Å²) in [6, 6.07) is 18.4. The molecule has 1 aliphatic carbocycles. The summed E-state index contributed by atoms with van der Waals surface area (Å²) in [5.74, 6) is 0.655. The van der Waals surface area contributed by atoms with Gasteiger partial charge in [0.1, 0.15) is 5.75 Å². The molecule has 282 valence electrons. The summed E-state index contributed by atoms with van der Waals surface area (Å²) in [7, 11) is 0. The van der Waals surface area contributed by atoms with Gasteiger partial charge in [0.05, 0.1) is 12.8 Å². The van der Waals surface area contributed by atoms with Crippen LogP contribution in [0.3, 0.4) is 0 Å². The first-order valence-corrected chi connectivity index (χ1v) is 19.4. The molecule has 0 saturated carbocycles.